The van der Waals surface area contributed by atoms with Crippen molar-refractivity contribution in [3.63, 3.8) is 0 Å². The highest BCUT2D eigenvalue weighted by Crippen LogP contribution is 2.31. The molecular formula is C15H23BrN2O2. The van der Waals surface area contributed by atoms with E-state index in [0.29, 0.717) is 6.54 Å². The van der Waals surface area contributed by atoms with Crippen molar-refractivity contribution in [3.05, 3.63) is 33.8 Å². The molecule has 4 nitrogen and oxygen atoms in total. The van der Waals surface area contributed by atoms with E-state index in [1.165, 1.54) is 11.1 Å². The highest BCUT2D eigenvalue weighted by Gasteiger charge is 2.36. The van der Waals surface area contributed by atoms with Crippen molar-refractivity contribution in [2.45, 2.75) is 25.2 Å². The summed E-state index contributed by atoms with van der Waals surface area (Å²) >= 11 is 3.66. The third-order valence-electron chi connectivity index (χ3n) is 4.03. The van der Waals surface area contributed by atoms with Gasteiger partial charge in [0, 0.05) is 44.4 Å². The molecule has 0 spiro atoms. The summed E-state index contributed by atoms with van der Waals surface area (Å²) in [6.45, 7) is 4.35. The third-order valence-corrected chi connectivity index (χ3v) is 4.71. The Labute approximate surface area is 129 Å². The molecule has 1 saturated heterocycles. The van der Waals surface area contributed by atoms with Gasteiger partial charge in [0.25, 0.3) is 0 Å². The first-order chi connectivity index (χ1) is 9.60. The molecule has 2 rings (SSSR count). The van der Waals surface area contributed by atoms with Gasteiger partial charge in [-0.05, 0) is 24.1 Å². The van der Waals surface area contributed by atoms with Crippen LogP contribution in [0.5, 0.6) is 0 Å². The summed E-state index contributed by atoms with van der Waals surface area (Å²) in [6, 6.07) is 6.59. The standard InChI is InChI=1S/C15H23BrN2O2/c1-10-4-5-11(12(16)6-10)13(7-17)18-8-14(19-2)15(9-18)20-3/h4-6,13-15H,7-9,17H2,1-3H3. The van der Waals surface area contributed by atoms with E-state index in [1.807, 2.05) is 0 Å². The molecule has 0 amide bonds. The number of methoxy groups -OCH3 is 2. The van der Waals surface area contributed by atoms with E-state index in [4.69, 9.17) is 15.2 Å². The molecule has 1 aliphatic heterocycles. The average molecular weight is 343 g/mol. The predicted molar refractivity (Wildman–Crippen MR) is 83.8 cm³/mol. The van der Waals surface area contributed by atoms with Crippen molar-refractivity contribution in [2.24, 2.45) is 5.73 Å². The third kappa shape index (κ3) is 3.23. The van der Waals surface area contributed by atoms with Crippen LogP contribution >= 0.6 is 15.9 Å². The molecule has 0 radical (unpaired) electrons. The van der Waals surface area contributed by atoms with Crippen molar-refractivity contribution in [1.29, 1.82) is 0 Å². The van der Waals surface area contributed by atoms with Gasteiger partial charge in [0.1, 0.15) is 0 Å². The molecule has 1 aliphatic rings. The number of nitrogens with two attached hydrogens (primary N) is 1. The predicted octanol–water partition coefficient (Wildman–Crippen LogP) is 2.10. The normalized spacial score (nSPS) is 25.1. The molecule has 2 N–H and O–H groups in total. The second-order valence-corrected chi connectivity index (χ2v) is 6.13. The van der Waals surface area contributed by atoms with Gasteiger partial charge in [-0.2, -0.15) is 0 Å². The first-order valence-electron chi connectivity index (χ1n) is 6.86. The van der Waals surface area contributed by atoms with Gasteiger partial charge in [-0.25, -0.2) is 0 Å². The number of hydrogen-bond donors (Lipinski definition) is 1. The Morgan fingerprint density at radius 2 is 1.90 bits per heavy atom. The molecule has 1 aromatic rings. The number of likely N-dealkylation sites (tertiary alicyclic amines) is 1. The second kappa shape index (κ2) is 7.00. The minimum atomic E-state index is 0.110. The van der Waals surface area contributed by atoms with Gasteiger partial charge in [0.15, 0.2) is 0 Å². The minimum Gasteiger partial charge on any atom is -0.377 e. The van der Waals surface area contributed by atoms with Gasteiger partial charge >= 0.3 is 0 Å². The lowest BCUT2D eigenvalue weighted by Crippen LogP contribution is -2.33. The number of ether oxygens (including phenoxy) is 2. The maximum absolute atomic E-state index is 6.02. The van der Waals surface area contributed by atoms with Crippen LogP contribution in [0.2, 0.25) is 0 Å². The Morgan fingerprint density at radius 3 is 2.35 bits per heavy atom. The van der Waals surface area contributed by atoms with Crippen LogP contribution in [0, 0.1) is 6.92 Å². The average Bonchev–Trinajstić information content (AvgIpc) is 2.85. The zero-order valence-corrected chi connectivity index (χ0v) is 13.9. The summed E-state index contributed by atoms with van der Waals surface area (Å²) in [4.78, 5) is 2.34. The topological polar surface area (TPSA) is 47.7 Å². The van der Waals surface area contributed by atoms with Crippen molar-refractivity contribution in [1.82, 2.24) is 4.90 Å². The largest absolute Gasteiger partial charge is 0.377 e. The smallest absolute Gasteiger partial charge is 0.0972 e. The molecule has 0 aliphatic carbocycles. The molecular weight excluding hydrogens is 320 g/mol. The van der Waals surface area contributed by atoms with Crippen LogP contribution in [0.25, 0.3) is 0 Å². The lowest BCUT2D eigenvalue weighted by Gasteiger charge is -2.27. The first-order valence-corrected chi connectivity index (χ1v) is 7.65. The molecule has 0 bridgehead atoms. The van der Waals surface area contributed by atoms with Gasteiger partial charge in [-0.15, -0.1) is 0 Å². The van der Waals surface area contributed by atoms with Crippen molar-refractivity contribution in [2.75, 3.05) is 33.9 Å². The van der Waals surface area contributed by atoms with E-state index in [1.54, 1.807) is 14.2 Å². The van der Waals surface area contributed by atoms with Gasteiger partial charge in [-0.3, -0.25) is 4.90 Å². The number of nitrogens with zero attached hydrogens (tertiary/aromatic N) is 1. The van der Waals surface area contributed by atoms with Crippen LogP contribution < -0.4 is 5.73 Å². The van der Waals surface area contributed by atoms with Gasteiger partial charge in [0.2, 0.25) is 0 Å². The van der Waals surface area contributed by atoms with Crippen molar-refractivity contribution < 1.29 is 9.47 Å². The van der Waals surface area contributed by atoms with Gasteiger partial charge in [-0.1, -0.05) is 28.1 Å². The molecule has 0 saturated carbocycles. The Hall–Kier alpha value is -0.460. The van der Waals surface area contributed by atoms with Crippen LogP contribution in [0.1, 0.15) is 17.2 Å². The monoisotopic (exact) mass is 342 g/mol. The number of aryl methyl sites for hydroxylation is 1. The van der Waals surface area contributed by atoms with Gasteiger partial charge < -0.3 is 15.2 Å². The summed E-state index contributed by atoms with van der Waals surface area (Å²) < 4.78 is 12.1. The molecule has 5 heteroatoms. The summed E-state index contributed by atoms with van der Waals surface area (Å²) in [7, 11) is 3.47. The fraction of sp³-hybridized carbons (Fsp3) is 0.600. The van der Waals surface area contributed by atoms with E-state index in [0.717, 1.165) is 17.6 Å². The second-order valence-electron chi connectivity index (χ2n) is 5.28. The first kappa shape index (κ1) is 15.9. The van der Waals surface area contributed by atoms with E-state index in [-0.39, 0.29) is 18.2 Å². The maximum Gasteiger partial charge on any atom is 0.0972 e. The lowest BCUT2D eigenvalue weighted by molar-refractivity contribution is -0.00461. The highest BCUT2D eigenvalue weighted by atomic mass is 79.9. The van der Waals surface area contributed by atoms with E-state index in [9.17, 15) is 0 Å². The highest BCUT2D eigenvalue weighted by molar-refractivity contribution is 9.10. The van der Waals surface area contributed by atoms with Crippen LogP contribution in [-0.2, 0) is 9.47 Å². The molecule has 3 atom stereocenters. The Morgan fingerprint density at radius 1 is 1.30 bits per heavy atom. The lowest BCUT2D eigenvalue weighted by atomic mass is 10.0. The number of halogens is 1. The number of hydrogen-bond acceptors (Lipinski definition) is 4. The van der Waals surface area contributed by atoms with Crippen LogP contribution in [-0.4, -0.2) is 51.0 Å². The Balaban J connectivity index is 2.20. The molecule has 0 aromatic heterocycles. The van der Waals surface area contributed by atoms with Crippen LogP contribution in [0.15, 0.2) is 22.7 Å². The van der Waals surface area contributed by atoms with Crippen molar-refractivity contribution >= 4 is 15.9 Å². The Bertz CT molecular complexity index is 443. The van der Waals surface area contributed by atoms with E-state index in [2.05, 4.69) is 46.0 Å². The SMILES string of the molecule is COC1CN(C(CN)c2ccc(C)cc2Br)CC1OC. The molecule has 1 aromatic carbocycles. The van der Waals surface area contributed by atoms with Crippen LogP contribution in [0.3, 0.4) is 0 Å². The van der Waals surface area contributed by atoms with E-state index >= 15 is 0 Å². The van der Waals surface area contributed by atoms with Crippen LogP contribution in [0.4, 0.5) is 0 Å². The quantitative estimate of drug-likeness (QED) is 0.890. The maximum atomic E-state index is 6.02. The van der Waals surface area contributed by atoms with Crippen molar-refractivity contribution in [3.8, 4) is 0 Å². The number of benzene rings is 1. The zero-order valence-electron chi connectivity index (χ0n) is 12.3. The van der Waals surface area contributed by atoms with Gasteiger partial charge in [0.05, 0.1) is 12.2 Å². The summed E-state index contributed by atoms with van der Waals surface area (Å²) in [6.07, 6.45) is 0.219. The fourth-order valence-electron chi connectivity index (χ4n) is 2.85. The Kier molecular flexibility index (Phi) is 5.57. The summed E-state index contributed by atoms with van der Waals surface area (Å²) in [5, 5.41) is 0. The molecule has 1 heterocycles. The molecule has 112 valence electrons. The molecule has 1 fully saturated rings. The number of rotatable bonds is 5. The summed E-state index contributed by atoms with van der Waals surface area (Å²) in [5.41, 5.74) is 8.49. The fourth-order valence-corrected chi connectivity index (χ4v) is 3.61. The van der Waals surface area contributed by atoms with E-state index < -0.39 is 0 Å². The zero-order chi connectivity index (χ0) is 14.7. The minimum absolute atomic E-state index is 0.110. The molecule has 3 unspecified atom stereocenters. The summed E-state index contributed by atoms with van der Waals surface area (Å²) in [5.74, 6) is 0. The molecule has 20 heavy (non-hydrogen) atoms.